The van der Waals surface area contributed by atoms with Crippen LogP contribution in [0.1, 0.15) is 31.2 Å². The predicted octanol–water partition coefficient (Wildman–Crippen LogP) is 3.59. The Balaban J connectivity index is 1.41. The number of para-hydroxylation sites is 1. The second kappa shape index (κ2) is 7.26. The van der Waals surface area contributed by atoms with Crippen LogP contribution in [0.15, 0.2) is 36.7 Å². The number of likely N-dealkylation sites (tertiary alicyclic amines) is 2. The number of piperidine rings is 1. The molecular formula is C19H25ClN4. The lowest BCUT2D eigenvalue weighted by molar-refractivity contribution is 0.110. The molecule has 4 nitrogen and oxygen atoms in total. The maximum Gasteiger partial charge on any atom is 0.0831 e. The molecular weight excluding hydrogens is 320 g/mol. The van der Waals surface area contributed by atoms with Gasteiger partial charge in [-0.05, 0) is 57.5 Å². The number of halogens is 1. The number of aromatic nitrogens is 2. The molecule has 0 spiro atoms. The van der Waals surface area contributed by atoms with Gasteiger partial charge in [0.15, 0.2) is 0 Å². The molecule has 2 aliphatic rings. The number of benzene rings is 1. The Labute approximate surface area is 149 Å². The molecule has 5 heteroatoms. The van der Waals surface area contributed by atoms with E-state index in [1.807, 2.05) is 35.1 Å². The average Bonchev–Trinajstić information content (AvgIpc) is 3.27. The zero-order valence-corrected chi connectivity index (χ0v) is 14.8. The highest BCUT2D eigenvalue weighted by Crippen LogP contribution is 2.23. The van der Waals surface area contributed by atoms with Crippen molar-refractivity contribution in [2.75, 3.05) is 26.2 Å². The summed E-state index contributed by atoms with van der Waals surface area (Å²) in [6.45, 7) is 5.96. The second-order valence-electron chi connectivity index (χ2n) is 7.02. The van der Waals surface area contributed by atoms with Crippen LogP contribution >= 0.6 is 11.6 Å². The molecule has 0 saturated carbocycles. The maximum absolute atomic E-state index is 6.27. The van der Waals surface area contributed by atoms with Crippen LogP contribution in [0.4, 0.5) is 0 Å². The van der Waals surface area contributed by atoms with Crippen LogP contribution in [0.2, 0.25) is 5.02 Å². The minimum absolute atomic E-state index is 0.735. The molecule has 0 radical (unpaired) electrons. The largest absolute Gasteiger partial charge is 0.299 e. The smallest absolute Gasteiger partial charge is 0.0831 e. The summed E-state index contributed by atoms with van der Waals surface area (Å²) in [7, 11) is 0. The van der Waals surface area contributed by atoms with E-state index in [4.69, 9.17) is 11.6 Å². The Morgan fingerprint density at radius 1 is 1.08 bits per heavy atom. The number of rotatable bonds is 4. The summed E-state index contributed by atoms with van der Waals surface area (Å²) < 4.78 is 1.89. The van der Waals surface area contributed by atoms with E-state index in [9.17, 15) is 0 Å². The van der Waals surface area contributed by atoms with Gasteiger partial charge in [-0.2, -0.15) is 5.10 Å². The number of hydrogen-bond acceptors (Lipinski definition) is 3. The standard InChI is InChI=1S/C19H25ClN4/c20-18-7-1-2-8-19(18)24-14-16(12-21-24)13-22-9-5-6-17(15-22)23-10-3-4-11-23/h1-2,7-8,12,14,17H,3-6,9-11,13,15H2. The highest BCUT2D eigenvalue weighted by Gasteiger charge is 2.27. The van der Waals surface area contributed by atoms with Gasteiger partial charge in [0.25, 0.3) is 0 Å². The first kappa shape index (κ1) is 16.1. The van der Waals surface area contributed by atoms with Gasteiger partial charge < -0.3 is 0 Å². The van der Waals surface area contributed by atoms with E-state index in [2.05, 4.69) is 21.1 Å². The second-order valence-corrected chi connectivity index (χ2v) is 7.43. The van der Waals surface area contributed by atoms with E-state index in [-0.39, 0.29) is 0 Å². The van der Waals surface area contributed by atoms with E-state index in [0.29, 0.717) is 0 Å². The van der Waals surface area contributed by atoms with Crippen molar-refractivity contribution < 1.29 is 0 Å². The lowest BCUT2D eigenvalue weighted by Crippen LogP contribution is -2.46. The Morgan fingerprint density at radius 2 is 1.92 bits per heavy atom. The van der Waals surface area contributed by atoms with Gasteiger partial charge in [0.2, 0.25) is 0 Å². The van der Waals surface area contributed by atoms with Crippen molar-refractivity contribution in [2.24, 2.45) is 0 Å². The van der Waals surface area contributed by atoms with Crippen molar-refractivity contribution in [1.82, 2.24) is 19.6 Å². The summed E-state index contributed by atoms with van der Waals surface area (Å²) in [4.78, 5) is 5.28. The molecule has 0 N–H and O–H groups in total. The third-order valence-electron chi connectivity index (χ3n) is 5.28. The van der Waals surface area contributed by atoms with Crippen molar-refractivity contribution in [3.8, 4) is 5.69 Å². The zero-order chi connectivity index (χ0) is 16.4. The summed E-state index contributed by atoms with van der Waals surface area (Å²) in [6.07, 6.45) is 9.50. The summed E-state index contributed by atoms with van der Waals surface area (Å²) in [5.74, 6) is 0. The molecule has 0 bridgehead atoms. The molecule has 128 valence electrons. The molecule has 1 aromatic carbocycles. The van der Waals surface area contributed by atoms with Crippen LogP contribution in [0.5, 0.6) is 0 Å². The summed E-state index contributed by atoms with van der Waals surface area (Å²) in [5, 5.41) is 5.24. The van der Waals surface area contributed by atoms with Crippen molar-refractivity contribution in [3.05, 3.63) is 47.2 Å². The minimum atomic E-state index is 0.735. The van der Waals surface area contributed by atoms with Crippen LogP contribution in [-0.2, 0) is 6.54 Å². The van der Waals surface area contributed by atoms with Gasteiger partial charge in [-0.25, -0.2) is 4.68 Å². The normalized spacial score (nSPS) is 23.0. The lowest BCUT2D eigenvalue weighted by atomic mass is 10.0. The van der Waals surface area contributed by atoms with Gasteiger partial charge in [-0.3, -0.25) is 9.80 Å². The number of nitrogens with zero attached hydrogens (tertiary/aromatic N) is 4. The van der Waals surface area contributed by atoms with Crippen LogP contribution in [0.3, 0.4) is 0 Å². The summed E-state index contributed by atoms with van der Waals surface area (Å²) in [6, 6.07) is 8.60. The molecule has 0 aliphatic carbocycles. The zero-order valence-electron chi connectivity index (χ0n) is 14.1. The first-order valence-corrected chi connectivity index (χ1v) is 9.42. The Hall–Kier alpha value is -1.36. The molecule has 24 heavy (non-hydrogen) atoms. The van der Waals surface area contributed by atoms with E-state index in [1.165, 1.54) is 57.4 Å². The predicted molar refractivity (Wildman–Crippen MR) is 97.7 cm³/mol. The molecule has 2 aromatic rings. The third-order valence-corrected chi connectivity index (χ3v) is 5.60. The molecule has 2 aliphatic heterocycles. The van der Waals surface area contributed by atoms with Gasteiger partial charge in [0.05, 0.1) is 16.9 Å². The van der Waals surface area contributed by atoms with Crippen molar-refractivity contribution >= 4 is 11.6 Å². The lowest BCUT2D eigenvalue weighted by Gasteiger charge is -2.37. The van der Waals surface area contributed by atoms with Gasteiger partial charge in [0.1, 0.15) is 0 Å². The Morgan fingerprint density at radius 3 is 2.75 bits per heavy atom. The van der Waals surface area contributed by atoms with Crippen molar-refractivity contribution in [3.63, 3.8) is 0 Å². The first-order valence-electron chi connectivity index (χ1n) is 9.04. The fourth-order valence-corrected chi connectivity index (χ4v) is 4.27. The van der Waals surface area contributed by atoms with Gasteiger partial charge >= 0.3 is 0 Å². The average molecular weight is 345 g/mol. The van der Waals surface area contributed by atoms with Crippen molar-refractivity contribution in [2.45, 2.75) is 38.3 Å². The van der Waals surface area contributed by atoms with E-state index in [1.54, 1.807) is 0 Å². The van der Waals surface area contributed by atoms with Gasteiger partial charge in [-0.15, -0.1) is 0 Å². The fourth-order valence-electron chi connectivity index (χ4n) is 4.05. The molecule has 1 aromatic heterocycles. The van der Waals surface area contributed by atoms with E-state index >= 15 is 0 Å². The summed E-state index contributed by atoms with van der Waals surface area (Å²) >= 11 is 6.27. The van der Waals surface area contributed by atoms with Crippen LogP contribution < -0.4 is 0 Å². The van der Waals surface area contributed by atoms with E-state index < -0.39 is 0 Å². The molecule has 0 amide bonds. The van der Waals surface area contributed by atoms with Crippen molar-refractivity contribution in [1.29, 1.82) is 0 Å². The highest BCUT2D eigenvalue weighted by molar-refractivity contribution is 6.32. The SMILES string of the molecule is Clc1ccccc1-n1cc(CN2CCCC(N3CCCC3)C2)cn1. The van der Waals surface area contributed by atoms with Crippen LogP contribution in [0, 0.1) is 0 Å². The highest BCUT2D eigenvalue weighted by atomic mass is 35.5. The Bertz CT molecular complexity index is 678. The molecule has 3 heterocycles. The fraction of sp³-hybridized carbons (Fsp3) is 0.526. The molecule has 1 unspecified atom stereocenters. The topological polar surface area (TPSA) is 24.3 Å². The third kappa shape index (κ3) is 3.51. The minimum Gasteiger partial charge on any atom is -0.299 e. The van der Waals surface area contributed by atoms with Crippen LogP contribution in [-0.4, -0.2) is 51.8 Å². The molecule has 4 rings (SSSR count). The summed E-state index contributed by atoms with van der Waals surface area (Å²) in [5.41, 5.74) is 2.20. The molecule has 2 saturated heterocycles. The molecule has 2 fully saturated rings. The quantitative estimate of drug-likeness (QED) is 0.847. The van der Waals surface area contributed by atoms with Crippen LogP contribution in [0.25, 0.3) is 5.69 Å². The molecule has 1 atom stereocenters. The Kier molecular flexibility index (Phi) is 4.88. The maximum atomic E-state index is 6.27. The van der Waals surface area contributed by atoms with Gasteiger partial charge in [0, 0.05) is 30.9 Å². The monoisotopic (exact) mass is 344 g/mol. The van der Waals surface area contributed by atoms with Gasteiger partial charge in [-0.1, -0.05) is 23.7 Å². The first-order chi connectivity index (χ1) is 11.8. The van der Waals surface area contributed by atoms with E-state index in [0.717, 1.165) is 23.3 Å². The number of hydrogen-bond donors (Lipinski definition) is 0.